The lowest BCUT2D eigenvalue weighted by Gasteiger charge is -2.14. The Labute approximate surface area is 219 Å². The number of esters is 1. The number of hydrogen-bond acceptors (Lipinski definition) is 6. The molecule has 0 radical (unpaired) electrons. The van der Waals surface area contributed by atoms with Crippen LogP contribution < -0.4 is 5.32 Å². The minimum absolute atomic E-state index is 0.0166. The molecule has 1 aliphatic rings. The summed E-state index contributed by atoms with van der Waals surface area (Å²) in [6.45, 7) is 0.523. The molecule has 184 valence electrons. The summed E-state index contributed by atoms with van der Waals surface area (Å²) in [5.41, 5.74) is 2.05. The summed E-state index contributed by atoms with van der Waals surface area (Å²) >= 11 is 6.68. The molecular formula is C28H26N2O4S2. The molecule has 36 heavy (non-hydrogen) atoms. The van der Waals surface area contributed by atoms with E-state index in [1.54, 1.807) is 35.2 Å². The second-order valence-corrected chi connectivity index (χ2v) is 10.0. The van der Waals surface area contributed by atoms with Gasteiger partial charge in [0.15, 0.2) is 0 Å². The number of carbonyl (C=O) groups excluding carboxylic acids is 3. The fourth-order valence-corrected chi connectivity index (χ4v) is 5.21. The van der Waals surface area contributed by atoms with Crippen LogP contribution in [0.25, 0.3) is 16.8 Å². The third-order valence-corrected chi connectivity index (χ3v) is 7.20. The van der Waals surface area contributed by atoms with Crippen molar-refractivity contribution in [2.45, 2.75) is 25.7 Å². The molecule has 0 unspecified atom stereocenters. The molecule has 1 aliphatic heterocycles. The molecule has 1 saturated heterocycles. The minimum atomic E-state index is -0.404. The number of carbonyl (C=O) groups is 3. The number of nitrogens with zero attached hydrogens (tertiary/aromatic N) is 1. The van der Waals surface area contributed by atoms with Crippen LogP contribution in [0.4, 0.5) is 5.69 Å². The molecule has 4 rings (SSSR count). The third-order valence-electron chi connectivity index (χ3n) is 5.82. The summed E-state index contributed by atoms with van der Waals surface area (Å²) in [5.74, 6) is -0.535. The van der Waals surface area contributed by atoms with Gasteiger partial charge < -0.3 is 10.1 Å². The van der Waals surface area contributed by atoms with Crippen LogP contribution >= 0.6 is 24.0 Å². The number of rotatable bonds is 9. The van der Waals surface area contributed by atoms with Crippen molar-refractivity contribution in [2.24, 2.45) is 0 Å². The maximum atomic E-state index is 12.8. The fourth-order valence-electron chi connectivity index (χ4n) is 3.90. The lowest BCUT2D eigenvalue weighted by molar-refractivity contribution is -0.122. The molecule has 0 saturated carbocycles. The number of amides is 2. The number of benzene rings is 3. The molecule has 1 N–H and O–H groups in total. The maximum Gasteiger partial charge on any atom is 0.337 e. The van der Waals surface area contributed by atoms with E-state index < -0.39 is 5.97 Å². The first-order valence-corrected chi connectivity index (χ1v) is 12.9. The van der Waals surface area contributed by atoms with Crippen molar-refractivity contribution >= 4 is 68.6 Å². The average Bonchev–Trinajstić information content (AvgIpc) is 3.15. The molecule has 8 heteroatoms. The summed E-state index contributed by atoms with van der Waals surface area (Å²) in [5, 5.41) is 5.19. The van der Waals surface area contributed by atoms with Crippen LogP contribution in [0.3, 0.4) is 0 Å². The van der Waals surface area contributed by atoms with Gasteiger partial charge in [-0.15, -0.1) is 0 Å². The lowest BCUT2D eigenvalue weighted by Crippen LogP contribution is -2.29. The third kappa shape index (κ3) is 6.38. The van der Waals surface area contributed by atoms with Crippen molar-refractivity contribution in [3.63, 3.8) is 0 Å². The fraction of sp³-hybridized carbons (Fsp3) is 0.214. The summed E-state index contributed by atoms with van der Waals surface area (Å²) in [7, 11) is 1.34. The van der Waals surface area contributed by atoms with Crippen LogP contribution in [0.2, 0.25) is 0 Å². The van der Waals surface area contributed by atoms with E-state index in [-0.39, 0.29) is 11.8 Å². The van der Waals surface area contributed by atoms with E-state index in [0.29, 0.717) is 27.8 Å². The summed E-state index contributed by atoms with van der Waals surface area (Å²) in [6, 6.07) is 20.8. The zero-order chi connectivity index (χ0) is 25.5. The van der Waals surface area contributed by atoms with E-state index in [1.807, 2.05) is 42.5 Å². The van der Waals surface area contributed by atoms with Crippen LogP contribution in [0.15, 0.2) is 71.6 Å². The molecular weight excluding hydrogens is 492 g/mol. The average molecular weight is 519 g/mol. The van der Waals surface area contributed by atoms with Crippen molar-refractivity contribution in [1.82, 2.24) is 4.90 Å². The van der Waals surface area contributed by atoms with Gasteiger partial charge in [0, 0.05) is 18.7 Å². The molecule has 1 fully saturated rings. The number of thiocarbonyl (C=S) groups is 1. The van der Waals surface area contributed by atoms with E-state index in [9.17, 15) is 14.4 Å². The normalized spacial score (nSPS) is 14.5. The highest BCUT2D eigenvalue weighted by Gasteiger charge is 2.31. The van der Waals surface area contributed by atoms with Crippen molar-refractivity contribution in [2.75, 3.05) is 19.0 Å². The first-order chi connectivity index (χ1) is 17.4. The minimum Gasteiger partial charge on any atom is -0.465 e. The maximum absolute atomic E-state index is 12.8. The van der Waals surface area contributed by atoms with E-state index in [4.69, 9.17) is 17.0 Å². The second-order valence-electron chi connectivity index (χ2n) is 8.37. The monoisotopic (exact) mass is 518 g/mol. The Balaban J connectivity index is 1.21. The quantitative estimate of drug-likeness (QED) is 0.161. The molecule has 2 amide bonds. The van der Waals surface area contributed by atoms with Crippen LogP contribution in [0.5, 0.6) is 0 Å². The van der Waals surface area contributed by atoms with Crippen molar-refractivity contribution in [3.8, 4) is 0 Å². The van der Waals surface area contributed by atoms with Crippen molar-refractivity contribution in [1.29, 1.82) is 0 Å². The Bertz CT molecular complexity index is 1330. The Morgan fingerprint density at radius 1 is 1.00 bits per heavy atom. The summed E-state index contributed by atoms with van der Waals surface area (Å²) < 4.78 is 5.24. The largest absolute Gasteiger partial charge is 0.465 e. The zero-order valence-electron chi connectivity index (χ0n) is 19.9. The summed E-state index contributed by atoms with van der Waals surface area (Å²) in [4.78, 5) is 38.9. The first kappa shape index (κ1) is 25.6. The molecule has 0 aliphatic carbocycles. The van der Waals surface area contributed by atoms with E-state index in [1.165, 1.54) is 18.9 Å². The van der Waals surface area contributed by atoms with Crippen molar-refractivity contribution < 1.29 is 19.1 Å². The molecule has 0 atom stereocenters. The van der Waals surface area contributed by atoms with Gasteiger partial charge in [0.2, 0.25) is 5.91 Å². The van der Waals surface area contributed by atoms with Gasteiger partial charge >= 0.3 is 5.97 Å². The highest BCUT2D eigenvalue weighted by atomic mass is 32.2. The predicted octanol–water partition coefficient (Wildman–Crippen LogP) is 6.03. The predicted molar refractivity (Wildman–Crippen MR) is 149 cm³/mol. The standard InChI is InChI=1S/C28H26N2O4S2/c1-34-27(33)21-12-10-19(11-13-21)17-24-26(32)30(28(35)36-24)16-6-2-3-9-25(31)29-23-15-14-20-7-4-5-8-22(20)18-23/h4-5,7-8,10-15,17-18H,2-3,6,9,16H2,1H3,(H,29,31)/b24-17-. The van der Waals surface area contributed by atoms with Gasteiger partial charge in [-0.3, -0.25) is 14.5 Å². The van der Waals surface area contributed by atoms with Gasteiger partial charge in [-0.2, -0.15) is 0 Å². The van der Waals surface area contributed by atoms with Crippen LogP contribution in [0, 0.1) is 0 Å². The number of hydrogen-bond donors (Lipinski definition) is 1. The van der Waals surface area contributed by atoms with E-state index in [2.05, 4.69) is 5.32 Å². The number of anilines is 1. The number of unbranched alkanes of at least 4 members (excludes halogenated alkanes) is 2. The highest BCUT2D eigenvalue weighted by Crippen LogP contribution is 2.33. The topological polar surface area (TPSA) is 75.7 Å². The molecule has 0 spiro atoms. The van der Waals surface area contributed by atoms with Crippen molar-refractivity contribution in [3.05, 3.63) is 82.8 Å². The molecule has 3 aromatic rings. The number of fused-ring (bicyclic) bond motifs is 1. The Hall–Kier alpha value is -3.49. The van der Waals surface area contributed by atoms with Gasteiger partial charge in [-0.05, 0) is 59.5 Å². The number of thioether (sulfide) groups is 1. The van der Waals surface area contributed by atoms with Gasteiger partial charge in [-0.1, -0.05) is 72.9 Å². The Morgan fingerprint density at radius 2 is 1.75 bits per heavy atom. The number of nitrogens with one attached hydrogen (secondary N) is 1. The number of methoxy groups -OCH3 is 1. The SMILES string of the molecule is COC(=O)c1ccc(/C=C2\SC(=S)N(CCCCCC(=O)Nc3ccc4ccccc4c3)C2=O)cc1. The zero-order valence-corrected chi connectivity index (χ0v) is 21.5. The Kier molecular flexibility index (Phi) is 8.51. The molecule has 0 aromatic heterocycles. The second kappa shape index (κ2) is 12.0. The van der Waals surface area contributed by atoms with Gasteiger partial charge in [-0.25, -0.2) is 4.79 Å². The molecule has 1 heterocycles. The number of ether oxygens (including phenoxy) is 1. The molecule has 0 bridgehead atoms. The van der Waals surface area contributed by atoms with Crippen LogP contribution in [0.1, 0.15) is 41.6 Å². The molecule has 6 nitrogen and oxygen atoms in total. The first-order valence-electron chi connectivity index (χ1n) is 11.7. The lowest BCUT2D eigenvalue weighted by atomic mass is 10.1. The van der Waals surface area contributed by atoms with E-state index in [0.717, 1.165) is 41.3 Å². The summed E-state index contributed by atoms with van der Waals surface area (Å²) in [6.07, 6.45) is 4.51. The van der Waals surface area contributed by atoms with E-state index >= 15 is 0 Å². The van der Waals surface area contributed by atoms with Crippen LogP contribution in [-0.4, -0.2) is 40.7 Å². The van der Waals surface area contributed by atoms with Gasteiger partial charge in [0.05, 0.1) is 17.6 Å². The molecule has 3 aromatic carbocycles. The Morgan fingerprint density at radius 3 is 2.50 bits per heavy atom. The van der Waals surface area contributed by atoms with Crippen LogP contribution in [-0.2, 0) is 14.3 Å². The van der Waals surface area contributed by atoms with Gasteiger partial charge in [0.1, 0.15) is 4.32 Å². The van der Waals surface area contributed by atoms with Gasteiger partial charge in [0.25, 0.3) is 5.91 Å². The smallest absolute Gasteiger partial charge is 0.337 e. The highest BCUT2D eigenvalue weighted by molar-refractivity contribution is 8.26.